The van der Waals surface area contributed by atoms with Crippen molar-refractivity contribution < 1.29 is 14.3 Å². The lowest BCUT2D eigenvalue weighted by Crippen LogP contribution is -2.37. The Morgan fingerprint density at radius 3 is 2.76 bits per heavy atom. The molecule has 0 N–H and O–H groups in total. The average Bonchev–Trinajstić information content (AvgIpc) is 2.44. The quantitative estimate of drug-likeness (QED) is 0.543. The fraction of sp³-hybridized carbons (Fsp3) is 0.846. The SMILES string of the molecule is CCOC(=O)CC(=O)CN1CCCCCC1C. The van der Waals surface area contributed by atoms with Crippen LogP contribution >= 0.6 is 0 Å². The van der Waals surface area contributed by atoms with Crippen LogP contribution < -0.4 is 0 Å². The molecule has 1 fully saturated rings. The second kappa shape index (κ2) is 7.43. The van der Waals surface area contributed by atoms with E-state index in [1.807, 2.05) is 0 Å². The molecule has 4 heteroatoms. The van der Waals surface area contributed by atoms with Crippen LogP contribution in [0.4, 0.5) is 0 Å². The first-order valence-electron chi connectivity index (χ1n) is 6.55. The summed E-state index contributed by atoms with van der Waals surface area (Å²) in [5, 5.41) is 0. The second-order valence-corrected chi connectivity index (χ2v) is 4.69. The minimum absolute atomic E-state index is 0.0304. The van der Waals surface area contributed by atoms with E-state index in [2.05, 4.69) is 11.8 Å². The van der Waals surface area contributed by atoms with Crippen LogP contribution in [0.2, 0.25) is 0 Å². The number of carbonyl (C=O) groups excluding carboxylic acids is 2. The molecule has 1 saturated heterocycles. The second-order valence-electron chi connectivity index (χ2n) is 4.69. The number of carbonyl (C=O) groups is 2. The van der Waals surface area contributed by atoms with Crippen LogP contribution in [0.3, 0.4) is 0 Å². The molecule has 1 rings (SSSR count). The summed E-state index contributed by atoms with van der Waals surface area (Å²) in [4.78, 5) is 25.1. The Kier molecular flexibility index (Phi) is 6.19. The maximum absolute atomic E-state index is 11.7. The van der Waals surface area contributed by atoms with Crippen LogP contribution in [-0.4, -0.2) is 42.4 Å². The molecule has 0 aliphatic carbocycles. The van der Waals surface area contributed by atoms with Crippen LogP contribution in [-0.2, 0) is 14.3 Å². The third-order valence-corrected chi connectivity index (χ3v) is 3.22. The Morgan fingerprint density at radius 1 is 1.29 bits per heavy atom. The fourth-order valence-electron chi connectivity index (χ4n) is 2.22. The maximum atomic E-state index is 11.7. The number of hydrogen-bond donors (Lipinski definition) is 0. The number of Topliss-reactive ketones (excluding diaryl/α,β-unsaturated/α-hetero) is 1. The van der Waals surface area contributed by atoms with Gasteiger partial charge in [-0.2, -0.15) is 0 Å². The Bertz CT molecular complexity index is 265. The minimum Gasteiger partial charge on any atom is -0.466 e. The van der Waals surface area contributed by atoms with Crippen LogP contribution in [0, 0.1) is 0 Å². The summed E-state index contributed by atoms with van der Waals surface area (Å²) >= 11 is 0. The van der Waals surface area contributed by atoms with E-state index in [9.17, 15) is 9.59 Å². The minimum atomic E-state index is -0.403. The Labute approximate surface area is 103 Å². The molecule has 0 saturated carbocycles. The highest BCUT2D eigenvalue weighted by molar-refractivity contribution is 5.96. The lowest BCUT2D eigenvalue weighted by atomic mass is 10.1. The van der Waals surface area contributed by atoms with Crippen molar-refractivity contribution in [1.82, 2.24) is 4.90 Å². The number of ketones is 1. The van der Waals surface area contributed by atoms with Gasteiger partial charge in [-0.15, -0.1) is 0 Å². The standard InChI is InChI=1S/C13H23NO3/c1-3-17-13(16)9-12(15)10-14-8-6-4-5-7-11(14)2/h11H,3-10H2,1-2H3. The molecular weight excluding hydrogens is 218 g/mol. The summed E-state index contributed by atoms with van der Waals surface area (Å²) in [7, 11) is 0. The summed E-state index contributed by atoms with van der Waals surface area (Å²) in [6.45, 7) is 5.60. The topological polar surface area (TPSA) is 46.6 Å². The summed E-state index contributed by atoms with van der Waals surface area (Å²) < 4.78 is 4.77. The average molecular weight is 241 g/mol. The van der Waals surface area contributed by atoms with Gasteiger partial charge in [-0.05, 0) is 33.2 Å². The van der Waals surface area contributed by atoms with E-state index in [1.54, 1.807) is 6.92 Å². The number of likely N-dealkylation sites (tertiary alicyclic amines) is 1. The smallest absolute Gasteiger partial charge is 0.313 e. The van der Waals surface area contributed by atoms with E-state index in [4.69, 9.17) is 4.74 Å². The zero-order chi connectivity index (χ0) is 12.7. The largest absolute Gasteiger partial charge is 0.466 e. The van der Waals surface area contributed by atoms with Gasteiger partial charge < -0.3 is 4.74 Å². The summed E-state index contributed by atoms with van der Waals surface area (Å²) in [5.41, 5.74) is 0. The van der Waals surface area contributed by atoms with Crippen LogP contribution in [0.15, 0.2) is 0 Å². The fourth-order valence-corrected chi connectivity index (χ4v) is 2.22. The zero-order valence-electron chi connectivity index (χ0n) is 10.9. The summed E-state index contributed by atoms with van der Waals surface area (Å²) in [5.74, 6) is -0.433. The molecule has 1 atom stereocenters. The lowest BCUT2D eigenvalue weighted by molar-refractivity contribution is -0.145. The molecule has 0 aromatic carbocycles. The molecule has 0 spiro atoms. The molecule has 0 aromatic heterocycles. The zero-order valence-corrected chi connectivity index (χ0v) is 10.9. The molecule has 0 bridgehead atoms. The maximum Gasteiger partial charge on any atom is 0.313 e. The third kappa shape index (κ3) is 5.31. The number of ether oxygens (including phenoxy) is 1. The summed E-state index contributed by atoms with van der Waals surface area (Å²) in [6, 6.07) is 0.448. The predicted octanol–water partition coefficient (Wildman–Crippen LogP) is 1.77. The van der Waals surface area contributed by atoms with Gasteiger partial charge >= 0.3 is 5.97 Å². The molecule has 0 radical (unpaired) electrons. The monoisotopic (exact) mass is 241 g/mol. The van der Waals surface area contributed by atoms with E-state index in [0.717, 1.165) is 19.4 Å². The number of nitrogens with zero attached hydrogens (tertiary/aromatic N) is 1. The molecule has 0 amide bonds. The van der Waals surface area contributed by atoms with Gasteiger partial charge in [0.25, 0.3) is 0 Å². The highest BCUT2D eigenvalue weighted by atomic mass is 16.5. The Hall–Kier alpha value is -0.900. The van der Waals surface area contributed by atoms with Crippen molar-refractivity contribution in [3.8, 4) is 0 Å². The normalized spacial score (nSPS) is 21.9. The highest BCUT2D eigenvalue weighted by Crippen LogP contribution is 2.16. The summed E-state index contributed by atoms with van der Waals surface area (Å²) in [6.07, 6.45) is 4.69. The Balaban J connectivity index is 2.35. The van der Waals surface area contributed by atoms with Crippen LogP contribution in [0.25, 0.3) is 0 Å². The number of rotatable bonds is 5. The van der Waals surface area contributed by atoms with Crippen LogP contribution in [0.5, 0.6) is 0 Å². The molecule has 0 aromatic rings. The van der Waals surface area contributed by atoms with Gasteiger partial charge in [-0.3, -0.25) is 14.5 Å². The van der Waals surface area contributed by atoms with Crippen molar-refractivity contribution in [2.45, 2.75) is 52.0 Å². The van der Waals surface area contributed by atoms with Gasteiger partial charge in [-0.25, -0.2) is 0 Å². The highest BCUT2D eigenvalue weighted by Gasteiger charge is 2.20. The molecule has 1 aliphatic heterocycles. The lowest BCUT2D eigenvalue weighted by Gasteiger charge is -2.25. The molecular formula is C13H23NO3. The van der Waals surface area contributed by atoms with Gasteiger partial charge in [0, 0.05) is 6.04 Å². The number of esters is 1. The van der Waals surface area contributed by atoms with Crippen molar-refractivity contribution in [2.24, 2.45) is 0 Å². The van der Waals surface area contributed by atoms with Gasteiger partial charge in [0.05, 0.1) is 13.2 Å². The predicted molar refractivity (Wildman–Crippen MR) is 65.8 cm³/mol. The van der Waals surface area contributed by atoms with E-state index >= 15 is 0 Å². The molecule has 17 heavy (non-hydrogen) atoms. The van der Waals surface area contributed by atoms with Gasteiger partial charge in [0.2, 0.25) is 0 Å². The van der Waals surface area contributed by atoms with Crippen LogP contribution in [0.1, 0.15) is 46.0 Å². The molecule has 1 unspecified atom stereocenters. The Morgan fingerprint density at radius 2 is 2.06 bits per heavy atom. The van der Waals surface area contributed by atoms with Gasteiger partial charge in [-0.1, -0.05) is 12.8 Å². The third-order valence-electron chi connectivity index (χ3n) is 3.22. The first-order valence-corrected chi connectivity index (χ1v) is 6.55. The van der Waals surface area contributed by atoms with E-state index in [1.165, 1.54) is 12.8 Å². The molecule has 98 valence electrons. The van der Waals surface area contributed by atoms with Crippen molar-refractivity contribution in [1.29, 1.82) is 0 Å². The first-order chi connectivity index (χ1) is 8.13. The van der Waals surface area contributed by atoms with Gasteiger partial charge in [0.1, 0.15) is 6.42 Å². The van der Waals surface area contributed by atoms with Gasteiger partial charge in [0.15, 0.2) is 5.78 Å². The van der Waals surface area contributed by atoms with Crippen molar-refractivity contribution >= 4 is 11.8 Å². The first kappa shape index (κ1) is 14.2. The molecule has 1 aliphatic rings. The number of hydrogen-bond acceptors (Lipinski definition) is 4. The van der Waals surface area contributed by atoms with E-state index in [0.29, 0.717) is 19.2 Å². The van der Waals surface area contributed by atoms with E-state index in [-0.39, 0.29) is 12.2 Å². The molecule has 1 heterocycles. The van der Waals surface area contributed by atoms with Crippen molar-refractivity contribution in [3.05, 3.63) is 0 Å². The van der Waals surface area contributed by atoms with E-state index < -0.39 is 5.97 Å². The van der Waals surface area contributed by atoms with Crippen molar-refractivity contribution in [2.75, 3.05) is 19.7 Å². The molecule has 4 nitrogen and oxygen atoms in total. The van der Waals surface area contributed by atoms with Crippen molar-refractivity contribution in [3.63, 3.8) is 0 Å².